The van der Waals surface area contributed by atoms with Gasteiger partial charge in [0, 0.05) is 6.54 Å². The SMILES string of the molecule is COc1cc(C(O)CN)c(C(C)C)c(Br)c1OC. The van der Waals surface area contributed by atoms with Crippen LogP contribution in [0.2, 0.25) is 0 Å². The molecular formula is C13H20BrNO3. The summed E-state index contributed by atoms with van der Waals surface area (Å²) in [5.41, 5.74) is 7.31. The van der Waals surface area contributed by atoms with Crippen LogP contribution in [0.3, 0.4) is 0 Å². The fourth-order valence-electron chi connectivity index (χ4n) is 1.97. The van der Waals surface area contributed by atoms with E-state index >= 15 is 0 Å². The van der Waals surface area contributed by atoms with Crippen molar-refractivity contribution in [3.63, 3.8) is 0 Å². The molecule has 0 fully saturated rings. The van der Waals surface area contributed by atoms with Crippen molar-refractivity contribution in [1.29, 1.82) is 0 Å². The van der Waals surface area contributed by atoms with Gasteiger partial charge in [0.2, 0.25) is 0 Å². The molecule has 0 aromatic heterocycles. The van der Waals surface area contributed by atoms with Crippen molar-refractivity contribution in [2.45, 2.75) is 25.9 Å². The summed E-state index contributed by atoms with van der Waals surface area (Å²) in [5.74, 6) is 1.45. The second-order valence-electron chi connectivity index (χ2n) is 4.34. The van der Waals surface area contributed by atoms with Crippen LogP contribution in [-0.4, -0.2) is 25.9 Å². The van der Waals surface area contributed by atoms with Gasteiger partial charge in [-0.1, -0.05) is 13.8 Å². The second kappa shape index (κ2) is 6.41. The number of ether oxygens (including phenoxy) is 2. The van der Waals surface area contributed by atoms with Crippen molar-refractivity contribution < 1.29 is 14.6 Å². The van der Waals surface area contributed by atoms with Crippen molar-refractivity contribution in [2.24, 2.45) is 5.73 Å². The first-order valence-corrected chi connectivity index (χ1v) is 6.59. The first-order chi connectivity index (χ1) is 8.47. The van der Waals surface area contributed by atoms with Gasteiger partial charge in [0.1, 0.15) is 0 Å². The van der Waals surface area contributed by atoms with Crippen LogP contribution in [0, 0.1) is 0 Å². The van der Waals surface area contributed by atoms with Gasteiger partial charge in [-0.3, -0.25) is 0 Å². The standard InChI is InChI=1S/C13H20BrNO3/c1-7(2)11-8(9(16)6-15)5-10(17-3)13(18-4)12(11)14/h5,7,9,16H,6,15H2,1-4H3. The number of methoxy groups -OCH3 is 2. The number of benzene rings is 1. The molecule has 4 nitrogen and oxygen atoms in total. The minimum absolute atomic E-state index is 0.168. The van der Waals surface area contributed by atoms with E-state index in [-0.39, 0.29) is 12.5 Å². The lowest BCUT2D eigenvalue weighted by molar-refractivity contribution is 0.184. The number of nitrogens with two attached hydrogens (primary N) is 1. The van der Waals surface area contributed by atoms with E-state index in [0.717, 1.165) is 15.6 Å². The van der Waals surface area contributed by atoms with Crippen molar-refractivity contribution in [3.05, 3.63) is 21.7 Å². The molecular weight excluding hydrogens is 298 g/mol. The fourth-order valence-corrected chi connectivity index (χ4v) is 3.02. The van der Waals surface area contributed by atoms with Gasteiger partial charge >= 0.3 is 0 Å². The van der Waals surface area contributed by atoms with Gasteiger partial charge in [-0.2, -0.15) is 0 Å². The van der Waals surface area contributed by atoms with E-state index in [1.807, 2.05) is 0 Å². The Balaban J connectivity index is 3.54. The summed E-state index contributed by atoms with van der Waals surface area (Å²) >= 11 is 3.53. The Morgan fingerprint density at radius 2 is 1.94 bits per heavy atom. The summed E-state index contributed by atoms with van der Waals surface area (Å²) < 4.78 is 11.4. The molecule has 0 aliphatic heterocycles. The minimum Gasteiger partial charge on any atom is -0.493 e. The van der Waals surface area contributed by atoms with Crippen LogP contribution in [0.1, 0.15) is 37.0 Å². The molecule has 1 atom stereocenters. The zero-order valence-corrected chi connectivity index (χ0v) is 12.7. The van der Waals surface area contributed by atoms with E-state index in [9.17, 15) is 5.11 Å². The molecule has 1 unspecified atom stereocenters. The molecule has 0 aliphatic rings. The second-order valence-corrected chi connectivity index (χ2v) is 5.13. The maximum atomic E-state index is 10.0. The van der Waals surface area contributed by atoms with Crippen LogP contribution >= 0.6 is 15.9 Å². The normalized spacial score (nSPS) is 12.7. The van der Waals surface area contributed by atoms with E-state index in [0.29, 0.717) is 11.5 Å². The van der Waals surface area contributed by atoms with Gasteiger partial charge < -0.3 is 20.3 Å². The molecule has 102 valence electrons. The Kier molecular flexibility index (Phi) is 5.44. The highest BCUT2D eigenvalue weighted by Gasteiger charge is 2.23. The molecule has 0 saturated heterocycles. The third-order valence-corrected chi connectivity index (χ3v) is 3.63. The van der Waals surface area contributed by atoms with Crippen LogP contribution in [0.4, 0.5) is 0 Å². The lowest BCUT2D eigenvalue weighted by Gasteiger charge is -2.22. The Hall–Kier alpha value is -0.780. The topological polar surface area (TPSA) is 64.7 Å². The third-order valence-electron chi connectivity index (χ3n) is 2.84. The highest BCUT2D eigenvalue weighted by Crippen LogP contribution is 2.44. The van der Waals surface area contributed by atoms with Gasteiger partial charge in [0.05, 0.1) is 24.8 Å². The van der Waals surface area contributed by atoms with Gasteiger partial charge in [0.25, 0.3) is 0 Å². The Bertz CT molecular complexity index is 421. The van der Waals surface area contributed by atoms with Crippen LogP contribution in [0.5, 0.6) is 11.5 Å². The summed E-state index contributed by atoms with van der Waals surface area (Å²) in [7, 11) is 3.16. The van der Waals surface area contributed by atoms with Gasteiger partial charge in [-0.25, -0.2) is 0 Å². The average Bonchev–Trinajstić information content (AvgIpc) is 2.35. The number of aliphatic hydroxyl groups excluding tert-OH is 1. The van der Waals surface area contributed by atoms with E-state index in [2.05, 4.69) is 29.8 Å². The fraction of sp³-hybridized carbons (Fsp3) is 0.538. The Morgan fingerprint density at radius 3 is 2.33 bits per heavy atom. The van der Waals surface area contributed by atoms with Gasteiger partial charge in [0.15, 0.2) is 11.5 Å². The Morgan fingerprint density at radius 1 is 1.33 bits per heavy atom. The number of hydrogen-bond acceptors (Lipinski definition) is 4. The highest BCUT2D eigenvalue weighted by molar-refractivity contribution is 9.10. The molecule has 0 saturated carbocycles. The predicted octanol–water partition coefficient (Wildman–Crippen LogP) is 2.58. The summed E-state index contributed by atoms with van der Waals surface area (Å²) in [4.78, 5) is 0. The molecule has 1 aromatic rings. The molecule has 5 heteroatoms. The predicted molar refractivity (Wildman–Crippen MR) is 75.3 cm³/mol. The molecule has 0 heterocycles. The quantitative estimate of drug-likeness (QED) is 0.876. The summed E-state index contributed by atoms with van der Waals surface area (Å²) in [5, 5.41) is 10.0. The van der Waals surface area contributed by atoms with Gasteiger partial charge in [-0.15, -0.1) is 0 Å². The zero-order chi connectivity index (χ0) is 13.9. The largest absolute Gasteiger partial charge is 0.493 e. The lowest BCUT2D eigenvalue weighted by atomic mass is 9.93. The summed E-state index contributed by atoms with van der Waals surface area (Å²) in [6.07, 6.45) is -0.710. The highest BCUT2D eigenvalue weighted by atomic mass is 79.9. The molecule has 0 radical (unpaired) electrons. The maximum absolute atomic E-state index is 10.0. The zero-order valence-electron chi connectivity index (χ0n) is 11.2. The lowest BCUT2D eigenvalue weighted by Crippen LogP contribution is -2.15. The Labute approximate surface area is 116 Å². The van der Waals surface area contributed by atoms with E-state index in [4.69, 9.17) is 15.2 Å². The first kappa shape index (κ1) is 15.3. The molecule has 3 N–H and O–H groups in total. The van der Waals surface area contributed by atoms with Crippen molar-refractivity contribution in [2.75, 3.05) is 20.8 Å². The summed E-state index contributed by atoms with van der Waals surface area (Å²) in [6.45, 7) is 4.28. The molecule has 18 heavy (non-hydrogen) atoms. The van der Waals surface area contributed by atoms with Crippen LogP contribution in [0.15, 0.2) is 10.5 Å². The average molecular weight is 318 g/mol. The molecule has 0 bridgehead atoms. The number of rotatable bonds is 5. The minimum atomic E-state index is -0.710. The van der Waals surface area contributed by atoms with E-state index in [1.165, 1.54) is 0 Å². The first-order valence-electron chi connectivity index (χ1n) is 5.80. The van der Waals surface area contributed by atoms with Crippen molar-refractivity contribution in [1.82, 2.24) is 0 Å². The van der Waals surface area contributed by atoms with Crippen molar-refractivity contribution >= 4 is 15.9 Å². The molecule has 0 spiro atoms. The monoisotopic (exact) mass is 317 g/mol. The number of halogens is 1. The molecule has 0 amide bonds. The van der Waals surface area contributed by atoms with Crippen LogP contribution in [0.25, 0.3) is 0 Å². The summed E-state index contributed by atoms with van der Waals surface area (Å²) in [6, 6.07) is 1.79. The van der Waals surface area contributed by atoms with Crippen LogP contribution in [-0.2, 0) is 0 Å². The third kappa shape index (κ3) is 2.79. The van der Waals surface area contributed by atoms with Gasteiger partial charge in [-0.05, 0) is 39.0 Å². The maximum Gasteiger partial charge on any atom is 0.175 e. The molecule has 1 rings (SSSR count). The van der Waals surface area contributed by atoms with E-state index < -0.39 is 6.10 Å². The van der Waals surface area contributed by atoms with E-state index in [1.54, 1.807) is 20.3 Å². The van der Waals surface area contributed by atoms with Crippen LogP contribution < -0.4 is 15.2 Å². The van der Waals surface area contributed by atoms with Crippen molar-refractivity contribution in [3.8, 4) is 11.5 Å². The smallest absolute Gasteiger partial charge is 0.175 e. The molecule has 0 aliphatic carbocycles. The molecule has 1 aromatic carbocycles. The number of hydrogen-bond donors (Lipinski definition) is 2. The number of aliphatic hydroxyl groups is 1.